The first-order valence-electron chi connectivity index (χ1n) is 6.92. The molecule has 1 saturated heterocycles. The zero-order valence-corrected chi connectivity index (χ0v) is 12.5. The maximum absolute atomic E-state index is 11.9. The van der Waals surface area contributed by atoms with Crippen LogP contribution < -0.4 is 4.74 Å². The van der Waals surface area contributed by atoms with Gasteiger partial charge in [-0.1, -0.05) is 6.07 Å². The molecular formula is C15H22N2O3. The van der Waals surface area contributed by atoms with Gasteiger partial charge >= 0.3 is 6.09 Å². The van der Waals surface area contributed by atoms with Crippen molar-refractivity contribution in [3.8, 4) is 5.88 Å². The molecule has 1 aliphatic rings. The van der Waals surface area contributed by atoms with Crippen LogP contribution >= 0.6 is 0 Å². The van der Waals surface area contributed by atoms with Gasteiger partial charge in [-0.3, -0.25) is 0 Å². The van der Waals surface area contributed by atoms with Gasteiger partial charge in [-0.15, -0.1) is 0 Å². The normalized spacial score (nSPS) is 19.0. The Balaban J connectivity index is 1.88. The van der Waals surface area contributed by atoms with E-state index in [1.165, 1.54) is 0 Å². The number of aryl methyl sites for hydroxylation is 1. The van der Waals surface area contributed by atoms with Crippen LogP contribution in [0.3, 0.4) is 0 Å². The summed E-state index contributed by atoms with van der Waals surface area (Å²) in [5.74, 6) is 0.612. The van der Waals surface area contributed by atoms with E-state index < -0.39 is 5.60 Å². The van der Waals surface area contributed by atoms with Crippen molar-refractivity contribution < 1.29 is 14.3 Å². The number of carbonyl (C=O) groups is 1. The molecule has 1 aromatic heterocycles. The molecule has 1 aliphatic heterocycles. The Morgan fingerprint density at radius 2 is 2.15 bits per heavy atom. The van der Waals surface area contributed by atoms with Gasteiger partial charge in [0.25, 0.3) is 0 Å². The molecule has 2 heterocycles. The first-order chi connectivity index (χ1) is 9.33. The molecule has 0 spiro atoms. The molecule has 0 aromatic carbocycles. The fourth-order valence-electron chi connectivity index (χ4n) is 2.07. The van der Waals surface area contributed by atoms with Crippen LogP contribution in [0.1, 0.15) is 32.9 Å². The Hall–Kier alpha value is -1.78. The summed E-state index contributed by atoms with van der Waals surface area (Å²) in [4.78, 5) is 17.9. The van der Waals surface area contributed by atoms with Crippen LogP contribution in [0.4, 0.5) is 4.79 Å². The Labute approximate surface area is 119 Å². The zero-order valence-electron chi connectivity index (χ0n) is 12.5. The molecule has 0 radical (unpaired) electrons. The lowest BCUT2D eigenvalue weighted by molar-refractivity contribution is 0.0275. The summed E-state index contributed by atoms with van der Waals surface area (Å²) in [6.45, 7) is 8.73. The average molecular weight is 278 g/mol. The van der Waals surface area contributed by atoms with Crippen LogP contribution in [-0.4, -0.2) is 40.8 Å². The summed E-state index contributed by atoms with van der Waals surface area (Å²) in [6.07, 6.45) is 0.507. The van der Waals surface area contributed by atoms with E-state index in [-0.39, 0.29) is 12.2 Å². The number of hydrogen-bond acceptors (Lipinski definition) is 4. The highest BCUT2D eigenvalue weighted by atomic mass is 16.6. The minimum absolute atomic E-state index is 0.0168. The Morgan fingerprint density at radius 3 is 2.80 bits per heavy atom. The molecule has 0 N–H and O–H groups in total. The number of ether oxygens (including phenoxy) is 2. The average Bonchev–Trinajstić information content (AvgIpc) is 2.75. The largest absolute Gasteiger partial charge is 0.472 e. The predicted octanol–water partition coefficient (Wildman–Crippen LogP) is 2.78. The molecule has 1 aromatic rings. The second kappa shape index (κ2) is 5.69. The molecule has 1 atom stereocenters. The van der Waals surface area contributed by atoms with E-state index >= 15 is 0 Å². The summed E-state index contributed by atoms with van der Waals surface area (Å²) in [6, 6.07) is 5.68. The van der Waals surface area contributed by atoms with E-state index in [1.807, 2.05) is 45.9 Å². The number of amides is 1. The van der Waals surface area contributed by atoms with E-state index in [0.29, 0.717) is 19.0 Å². The topological polar surface area (TPSA) is 51.7 Å². The lowest BCUT2D eigenvalue weighted by Crippen LogP contribution is -2.36. The SMILES string of the molecule is Cc1cccc(OC2CCN(C(=O)OC(C)(C)C)C2)n1. The third-order valence-electron chi connectivity index (χ3n) is 2.95. The smallest absolute Gasteiger partial charge is 0.410 e. The van der Waals surface area contributed by atoms with E-state index in [4.69, 9.17) is 9.47 Å². The molecule has 2 rings (SSSR count). The maximum atomic E-state index is 11.9. The zero-order chi connectivity index (χ0) is 14.8. The fourth-order valence-corrected chi connectivity index (χ4v) is 2.07. The molecule has 20 heavy (non-hydrogen) atoms. The first-order valence-corrected chi connectivity index (χ1v) is 6.92. The van der Waals surface area contributed by atoms with Gasteiger partial charge in [0, 0.05) is 24.7 Å². The number of hydrogen-bond donors (Lipinski definition) is 0. The van der Waals surface area contributed by atoms with Crippen molar-refractivity contribution in [1.29, 1.82) is 0 Å². The molecule has 110 valence electrons. The summed E-state index contributed by atoms with van der Waals surface area (Å²) >= 11 is 0. The monoisotopic (exact) mass is 278 g/mol. The third kappa shape index (κ3) is 4.11. The molecule has 1 fully saturated rings. The summed E-state index contributed by atoms with van der Waals surface area (Å²) < 4.78 is 11.2. The molecule has 0 bridgehead atoms. The number of carbonyl (C=O) groups excluding carboxylic acids is 1. The highest BCUT2D eigenvalue weighted by Gasteiger charge is 2.30. The fraction of sp³-hybridized carbons (Fsp3) is 0.600. The first kappa shape index (κ1) is 14.6. The van der Waals surface area contributed by atoms with Gasteiger partial charge < -0.3 is 14.4 Å². The summed E-state index contributed by atoms with van der Waals surface area (Å²) in [7, 11) is 0. The highest BCUT2D eigenvalue weighted by Crippen LogP contribution is 2.19. The summed E-state index contributed by atoms with van der Waals surface area (Å²) in [5.41, 5.74) is 0.457. The lowest BCUT2D eigenvalue weighted by atomic mass is 10.2. The van der Waals surface area contributed by atoms with Crippen LogP contribution in [0, 0.1) is 6.92 Å². The van der Waals surface area contributed by atoms with Crippen molar-refractivity contribution in [3.63, 3.8) is 0 Å². The summed E-state index contributed by atoms with van der Waals surface area (Å²) in [5, 5.41) is 0. The van der Waals surface area contributed by atoms with Gasteiger partial charge in [-0.2, -0.15) is 0 Å². The van der Waals surface area contributed by atoms with Crippen molar-refractivity contribution in [3.05, 3.63) is 23.9 Å². The Morgan fingerprint density at radius 1 is 1.40 bits per heavy atom. The number of likely N-dealkylation sites (tertiary alicyclic amines) is 1. The maximum Gasteiger partial charge on any atom is 0.410 e. The van der Waals surface area contributed by atoms with Crippen LogP contribution in [-0.2, 0) is 4.74 Å². The number of aromatic nitrogens is 1. The molecule has 0 saturated carbocycles. The minimum atomic E-state index is -0.464. The number of rotatable bonds is 2. The molecule has 5 nitrogen and oxygen atoms in total. The van der Waals surface area contributed by atoms with Crippen molar-refractivity contribution >= 4 is 6.09 Å². The van der Waals surface area contributed by atoms with Gasteiger partial charge in [-0.05, 0) is 33.8 Å². The van der Waals surface area contributed by atoms with Gasteiger partial charge in [0.05, 0.1) is 6.54 Å². The van der Waals surface area contributed by atoms with Crippen molar-refractivity contribution in [2.75, 3.05) is 13.1 Å². The predicted molar refractivity (Wildman–Crippen MR) is 75.8 cm³/mol. The molecule has 5 heteroatoms. The lowest BCUT2D eigenvalue weighted by Gasteiger charge is -2.24. The Bertz CT molecular complexity index is 482. The van der Waals surface area contributed by atoms with Crippen molar-refractivity contribution in [1.82, 2.24) is 9.88 Å². The Kier molecular flexibility index (Phi) is 4.16. The van der Waals surface area contributed by atoms with Crippen LogP contribution in [0.25, 0.3) is 0 Å². The second-order valence-electron chi connectivity index (χ2n) is 6.07. The minimum Gasteiger partial charge on any atom is -0.472 e. The third-order valence-corrected chi connectivity index (χ3v) is 2.95. The standard InChI is InChI=1S/C15H22N2O3/c1-11-6-5-7-13(16-11)19-12-8-9-17(10-12)14(18)20-15(2,3)4/h5-7,12H,8-10H2,1-4H3. The quantitative estimate of drug-likeness (QED) is 0.834. The van der Waals surface area contributed by atoms with Gasteiger partial charge in [0.2, 0.25) is 5.88 Å². The number of pyridine rings is 1. The van der Waals surface area contributed by atoms with Crippen LogP contribution in [0.15, 0.2) is 18.2 Å². The second-order valence-corrected chi connectivity index (χ2v) is 6.07. The number of nitrogens with zero attached hydrogens (tertiary/aromatic N) is 2. The van der Waals surface area contributed by atoms with Crippen LogP contribution in [0.2, 0.25) is 0 Å². The van der Waals surface area contributed by atoms with E-state index in [2.05, 4.69) is 4.98 Å². The van der Waals surface area contributed by atoms with Gasteiger partial charge in [0.15, 0.2) is 0 Å². The highest BCUT2D eigenvalue weighted by molar-refractivity contribution is 5.68. The van der Waals surface area contributed by atoms with Gasteiger partial charge in [0.1, 0.15) is 11.7 Å². The molecular weight excluding hydrogens is 256 g/mol. The van der Waals surface area contributed by atoms with Crippen molar-refractivity contribution in [2.24, 2.45) is 0 Å². The van der Waals surface area contributed by atoms with E-state index in [0.717, 1.165) is 12.1 Å². The molecule has 1 amide bonds. The molecule has 1 unspecified atom stereocenters. The van der Waals surface area contributed by atoms with E-state index in [9.17, 15) is 4.79 Å². The van der Waals surface area contributed by atoms with E-state index in [1.54, 1.807) is 4.90 Å². The van der Waals surface area contributed by atoms with Gasteiger partial charge in [-0.25, -0.2) is 9.78 Å². The van der Waals surface area contributed by atoms with Crippen molar-refractivity contribution in [2.45, 2.75) is 45.8 Å². The molecule has 0 aliphatic carbocycles. The van der Waals surface area contributed by atoms with Crippen LogP contribution in [0.5, 0.6) is 5.88 Å².